The van der Waals surface area contributed by atoms with Crippen LogP contribution in [0.25, 0.3) is 11.2 Å². The maximum Gasteiger partial charge on any atom is 0.397 e. The fourth-order valence-corrected chi connectivity index (χ4v) is 6.03. The molecule has 254 valence electrons. The molecule has 0 aromatic carbocycles. The summed E-state index contributed by atoms with van der Waals surface area (Å²) in [5.74, 6) is 0.0460. The standard InChI is InChI=1S/C22H34N6O16S/c23-7-11(32)9(30)5(1-29)42-22(7)43-17-13(34)16(14(35)18(15(17)36)44-45(37,38)39)40-2-6-10(31)12(33)21(41-6)28-4-27-8-19(24)25-3-26-20(8)28/h3-7,9-18,21-22,29-36H,1-2,23H2,(H2,24,25,26)(H,37,38,39)/t5-,6+,7-,9-,10+,11-,12+,13-,14+,15+,16-,17-,18-,21+,22+/m0/s1. The molecule has 5 rings (SSSR count). The first-order valence-corrected chi connectivity index (χ1v) is 14.8. The van der Waals surface area contributed by atoms with Crippen LogP contribution in [0.4, 0.5) is 5.82 Å². The Morgan fingerprint density at radius 1 is 0.844 bits per heavy atom. The third-order valence-electron chi connectivity index (χ3n) is 7.92. The minimum Gasteiger partial charge on any atom is -0.394 e. The average molecular weight is 671 g/mol. The third-order valence-corrected chi connectivity index (χ3v) is 8.39. The van der Waals surface area contributed by atoms with Crippen molar-refractivity contribution < 1.29 is 77.0 Å². The third kappa shape index (κ3) is 6.48. The van der Waals surface area contributed by atoms with Crippen LogP contribution >= 0.6 is 0 Å². The first kappa shape index (κ1) is 34.0. The van der Waals surface area contributed by atoms with Crippen molar-refractivity contribution in [3.63, 3.8) is 0 Å². The van der Waals surface area contributed by atoms with Crippen molar-refractivity contribution in [3.8, 4) is 0 Å². The molecule has 2 aliphatic heterocycles. The minimum absolute atomic E-state index is 0.0460. The van der Waals surface area contributed by atoms with Crippen molar-refractivity contribution in [1.29, 1.82) is 0 Å². The van der Waals surface area contributed by atoms with Gasteiger partial charge in [0.1, 0.15) is 85.1 Å². The Labute approximate surface area is 253 Å². The molecule has 0 radical (unpaired) electrons. The molecule has 0 unspecified atom stereocenters. The summed E-state index contributed by atoms with van der Waals surface area (Å²) in [6.07, 6.45) is -22.4. The van der Waals surface area contributed by atoms with Crippen molar-refractivity contribution in [2.24, 2.45) is 5.73 Å². The average Bonchev–Trinajstić information content (AvgIpc) is 3.54. The number of hydrogen-bond acceptors (Lipinski definition) is 20. The second kappa shape index (κ2) is 13.1. The molecule has 15 atom stereocenters. The number of ether oxygens (including phenoxy) is 4. The quantitative estimate of drug-likeness (QED) is 0.110. The molecule has 0 amide bonds. The number of aliphatic hydroxyl groups excluding tert-OH is 8. The Hall–Kier alpha value is -2.30. The van der Waals surface area contributed by atoms with E-state index in [0.29, 0.717) is 0 Å². The van der Waals surface area contributed by atoms with Crippen molar-refractivity contribution >= 4 is 27.4 Å². The zero-order valence-corrected chi connectivity index (χ0v) is 23.8. The lowest BCUT2D eigenvalue weighted by atomic mass is 9.84. The fraction of sp³-hybridized carbons (Fsp3) is 0.773. The van der Waals surface area contributed by atoms with Crippen LogP contribution in [0, 0.1) is 0 Å². The minimum atomic E-state index is -5.33. The maximum atomic E-state index is 11.5. The first-order chi connectivity index (χ1) is 21.1. The van der Waals surface area contributed by atoms with Crippen LogP contribution in [-0.2, 0) is 33.5 Å². The Bertz CT molecular complexity index is 1440. The van der Waals surface area contributed by atoms with Gasteiger partial charge in [-0.25, -0.2) is 19.1 Å². The molecular weight excluding hydrogens is 636 g/mol. The summed E-state index contributed by atoms with van der Waals surface area (Å²) in [5.41, 5.74) is 12.0. The highest BCUT2D eigenvalue weighted by atomic mass is 32.3. The van der Waals surface area contributed by atoms with E-state index in [-0.39, 0.29) is 17.0 Å². The van der Waals surface area contributed by atoms with Gasteiger partial charge < -0.3 is 71.3 Å². The number of nitrogens with two attached hydrogens (primary N) is 2. The summed E-state index contributed by atoms with van der Waals surface area (Å²) in [6, 6.07) is -1.52. The summed E-state index contributed by atoms with van der Waals surface area (Å²) in [4.78, 5) is 11.9. The number of anilines is 1. The van der Waals surface area contributed by atoms with Gasteiger partial charge in [0.2, 0.25) is 0 Å². The molecule has 22 nitrogen and oxygen atoms in total. The molecule has 3 fully saturated rings. The van der Waals surface area contributed by atoms with Crippen molar-refractivity contribution in [2.45, 2.75) is 91.8 Å². The molecule has 1 saturated carbocycles. The highest BCUT2D eigenvalue weighted by Crippen LogP contribution is 2.35. The second-order valence-corrected chi connectivity index (χ2v) is 11.8. The van der Waals surface area contributed by atoms with E-state index in [9.17, 15) is 53.8 Å². The molecule has 2 aromatic rings. The highest BCUT2D eigenvalue weighted by Gasteiger charge is 2.56. The predicted molar refractivity (Wildman–Crippen MR) is 140 cm³/mol. The van der Waals surface area contributed by atoms with Crippen LogP contribution in [0.5, 0.6) is 0 Å². The first-order valence-electron chi connectivity index (χ1n) is 13.4. The summed E-state index contributed by atoms with van der Waals surface area (Å²) in [5, 5.41) is 83.9. The van der Waals surface area contributed by atoms with Gasteiger partial charge in [-0.2, -0.15) is 8.42 Å². The van der Waals surface area contributed by atoms with Crippen molar-refractivity contribution in [1.82, 2.24) is 19.5 Å². The van der Waals surface area contributed by atoms with Gasteiger partial charge in [-0.3, -0.25) is 9.12 Å². The normalized spacial score (nSPS) is 42.8. The van der Waals surface area contributed by atoms with Gasteiger partial charge in [0.25, 0.3) is 0 Å². The SMILES string of the molecule is Nc1ncnc2c1ncn2[C@@H]1O[C@H](CO[C@@H]2[C@@H](O)[C@H](OS(=O)(=O)O)[C@H](O)[C@@H](O[C@H]3O[C@@H](CO)[C@H](O)[C@@H](O)[C@@H]3N)[C@H]2O)[C@@H](O)[C@H]1O. The molecule has 2 aromatic heterocycles. The number of rotatable bonds is 9. The Morgan fingerprint density at radius 2 is 1.49 bits per heavy atom. The number of fused-ring (bicyclic) bond motifs is 1. The number of nitrogens with zero attached hydrogens (tertiary/aromatic N) is 4. The summed E-state index contributed by atoms with van der Waals surface area (Å²) < 4.78 is 60.2. The number of aromatic nitrogens is 4. The number of imidazole rings is 1. The molecule has 4 heterocycles. The Balaban J connectivity index is 1.35. The monoisotopic (exact) mass is 670 g/mol. The molecule has 23 heteroatoms. The van der Waals surface area contributed by atoms with E-state index in [1.165, 1.54) is 10.9 Å². The van der Waals surface area contributed by atoms with E-state index in [2.05, 4.69) is 19.1 Å². The van der Waals surface area contributed by atoms with Crippen molar-refractivity contribution in [3.05, 3.63) is 12.7 Å². The van der Waals surface area contributed by atoms with Crippen LogP contribution in [-0.4, -0.2) is 172 Å². The largest absolute Gasteiger partial charge is 0.397 e. The van der Waals surface area contributed by atoms with E-state index in [1.807, 2.05) is 0 Å². The van der Waals surface area contributed by atoms with Gasteiger partial charge >= 0.3 is 10.4 Å². The lowest BCUT2D eigenvalue weighted by molar-refractivity contribution is -0.318. The van der Waals surface area contributed by atoms with Gasteiger partial charge in [0, 0.05) is 0 Å². The lowest BCUT2D eigenvalue weighted by Gasteiger charge is -2.47. The Kier molecular flexibility index (Phi) is 9.89. The molecule has 1 aliphatic carbocycles. The second-order valence-electron chi connectivity index (χ2n) is 10.8. The van der Waals surface area contributed by atoms with Crippen molar-refractivity contribution in [2.75, 3.05) is 18.9 Å². The number of aliphatic hydroxyl groups is 8. The number of hydrogen-bond donors (Lipinski definition) is 11. The maximum absolute atomic E-state index is 11.5. The van der Waals surface area contributed by atoms with E-state index >= 15 is 0 Å². The molecule has 13 N–H and O–H groups in total. The summed E-state index contributed by atoms with van der Waals surface area (Å²) in [7, 11) is -5.33. The summed E-state index contributed by atoms with van der Waals surface area (Å²) >= 11 is 0. The van der Waals surface area contributed by atoms with Gasteiger partial charge in [-0.1, -0.05) is 0 Å². The molecule has 45 heavy (non-hydrogen) atoms. The smallest absolute Gasteiger partial charge is 0.394 e. The zero-order chi connectivity index (χ0) is 33.0. The number of nitrogen functional groups attached to an aromatic ring is 1. The summed E-state index contributed by atoms with van der Waals surface area (Å²) in [6.45, 7) is -1.47. The molecule has 3 aliphatic rings. The van der Waals surface area contributed by atoms with Crippen LogP contribution in [0.15, 0.2) is 12.7 Å². The highest BCUT2D eigenvalue weighted by molar-refractivity contribution is 7.80. The van der Waals surface area contributed by atoms with E-state index < -0.39 is 115 Å². The van der Waals surface area contributed by atoms with Gasteiger partial charge in [0.15, 0.2) is 24.0 Å². The topological polar surface area (TPSA) is 358 Å². The van der Waals surface area contributed by atoms with Crippen LogP contribution < -0.4 is 11.5 Å². The van der Waals surface area contributed by atoms with E-state index in [1.54, 1.807) is 0 Å². The zero-order valence-electron chi connectivity index (χ0n) is 23.0. The van der Waals surface area contributed by atoms with Crippen LogP contribution in [0.2, 0.25) is 0 Å². The van der Waals surface area contributed by atoms with Gasteiger partial charge in [-0.15, -0.1) is 0 Å². The molecular formula is C22H34N6O16S. The Morgan fingerprint density at radius 3 is 2.16 bits per heavy atom. The van der Waals surface area contributed by atoms with Gasteiger partial charge in [0.05, 0.1) is 25.6 Å². The van der Waals surface area contributed by atoms with E-state index in [4.69, 9.17) is 30.4 Å². The van der Waals surface area contributed by atoms with Crippen LogP contribution in [0.3, 0.4) is 0 Å². The molecule has 2 saturated heterocycles. The fourth-order valence-electron chi connectivity index (χ4n) is 5.52. The van der Waals surface area contributed by atoms with E-state index in [0.717, 1.165) is 6.33 Å². The van der Waals surface area contributed by atoms with Crippen LogP contribution in [0.1, 0.15) is 6.23 Å². The van der Waals surface area contributed by atoms with Gasteiger partial charge in [-0.05, 0) is 0 Å². The lowest BCUT2D eigenvalue weighted by Crippen LogP contribution is -2.69. The molecule has 0 bridgehead atoms. The predicted octanol–water partition coefficient (Wildman–Crippen LogP) is -7.15. The molecule has 0 spiro atoms.